The molecule has 0 saturated carbocycles. The number of fused-ring (bicyclic) bond motifs is 1. The Morgan fingerprint density at radius 1 is 1.53 bits per heavy atom. The molecular formula is C11H11NO3. The molecule has 1 N–H and O–H groups in total. The van der Waals surface area contributed by atoms with Gasteiger partial charge in [0.15, 0.2) is 0 Å². The van der Waals surface area contributed by atoms with Crippen LogP contribution in [0.3, 0.4) is 0 Å². The summed E-state index contributed by atoms with van der Waals surface area (Å²) in [5, 5.41) is 0. The van der Waals surface area contributed by atoms with E-state index in [-0.39, 0.29) is 5.56 Å². The van der Waals surface area contributed by atoms with Crippen molar-refractivity contribution in [1.82, 2.24) is 4.98 Å². The molecule has 0 fully saturated rings. The first-order chi connectivity index (χ1) is 7.13. The molecule has 0 saturated heterocycles. The van der Waals surface area contributed by atoms with Crippen LogP contribution >= 0.6 is 0 Å². The number of aromatic nitrogens is 1. The van der Waals surface area contributed by atoms with Crippen molar-refractivity contribution in [2.24, 2.45) is 0 Å². The van der Waals surface area contributed by atoms with Gasteiger partial charge in [0.1, 0.15) is 5.56 Å². The van der Waals surface area contributed by atoms with Crippen LogP contribution in [0.4, 0.5) is 0 Å². The molecule has 4 nitrogen and oxygen atoms in total. The SMILES string of the molecule is C=C1CCc2[nH]c(=O)c(C(=O)OC)cc21. The molecular weight excluding hydrogens is 194 g/mol. The highest BCUT2D eigenvalue weighted by atomic mass is 16.5. The highest BCUT2D eigenvalue weighted by molar-refractivity contribution is 5.90. The summed E-state index contributed by atoms with van der Waals surface area (Å²) >= 11 is 0. The number of pyridine rings is 1. The Labute approximate surface area is 86.6 Å². The van der Waals surface area contributed by atoms with Gasteiger partial charge in [0, 0.05) is 5.69 Å². The Morgan fingerprint density at radius 3 is 2.93 bits per heavy atom. The molecule has 0 unspecified atom stereocenters. The van der Waals surface area contributed by atoms with Gasteiger partial charge in [-0.3, -0.25) is 4.79 Å². The lowest BCUT2D eigenvalue weighted by Crippen LogP contribution is -2.20. The third kappa shape index (κ3) is 1.48. The molecule has 0 bridgehead atoms. The zero-order valence-electron chi connectivity index (χ0n) is 8.42. The molecule has 0 aliphatic heterocycles. The van der Waals surface area contributed by atoms with E-state index in [0.717, 1.165) is 29.7 Å². The monoisotopic (exact) mass is 205 g/mol. The van der Waals surface area contributed by atoms with Gasteiger partial charge in [0.05, 0.1) is 7.11 Å². The summed E-state index contributed by atoms with van der Waals surface area (Å²) in [5.74, 6) is -0.612. The fraction of sp³-hybridized carbons (Fsp3) is 0.273. The van der Waals surface area contributed by atoms with Crippen LogP contribution in [0.25, 0.3) is 5.57 Å². The number of rotatable bonds is 1. The van der Waals surface area contributed by atoms with Crippen molar-refractivity contribution < 1.29 is 9.53 Å². The number of hydrogen-bond donors (Lipinski definition) is 1. The van der Waals surface area contributed by atoms with E-state index in [1.54, 1.807) is 6.07 Å². The quantitative estimate of drug-likeness (QED) is 0.699. The average Bonchev–Trinajstić information content (AvgIpc) is 2.58. The molecule has 1 aromatic rings. The topological polar surface area (TPSA) is 59.2 Å². The number of nitrogens with one attached hydrogen (secondary N) is 1. The Kier molecular flexibility index (Phi) is 2.19. The summed E-state index contributed by atoms with van der Waals surface area (Å²) in [6.45, 7) is 3.88. The van der Waals surface area contributed by atoms with Crippen molar-refractivity contribution in [3.05, 3.63) is 39.8 Å². The third-order valence-electron chi connectivity index (χ3n) is 2.59. The predicted octanol–water partition coefficient (Wildman–Crippen LogP) is 1.12. The fourth-order valence-electron chi connectivity index (χ4n) is 1.75. The molecule has 1 aliphatic rings. The Balaban J connectivity index is 2.60. The van der Waals surface area contributed by atoms with Crippen molar-refractivity contribution in [3.8, 4) is 0 Å². The van der Waals surface area contributed by atoms with Crippen LogP contribution in [0.2, 0.25) is 0 Å². The van der Waals surface area contributed by atoms with Crippen molar-refractivity contribution in [1.29, 1.82) is 0 Å². The number of esters is 1. The summed E-state index contributed by atoms with van der Waals surface area (Å²) < 4.78 is 4.52. The molecule has 15 heavy (non-hydrogen) atoms. The first kappa shape index (κ1) is 9.71. The van der Waals surface area contributed by atoms with Gasteiger partial charge < -0.3 is 9.72 Å². The first-order valence-corrected chi connectivity index (χ1v) is 4.66. The number of allylic oxidation sites excluding steroid dienone is 1. The number of aryl methyl sites for hydroxylation is 1. The van der Waals surface area contributed by atoms with Gasteiger partial charge in [-0.05, 0) is 30.0 Å². The van der Waals surface area contributed by atoms with E-state index in [9.17, 15) is 9.59 Å². The van der Waals surface area contributed by atoms with Crippen molar-refractivity contribution >= 4 is 11.5 Å². The molecule has 0 aromatic carbocycles. The lowest BCUT2D eigenvalue weighted by molar-refractivity contribution is 0.0598. The molecule has 78 valence electrons. The minimum atomic E-state index is -0.612. The lowest BCUT2D eigenvalue weighted by atomic mass is 10.1. The smallest absolute Gasteiger partial charge is 0.343 e. The van der Waals surface area contributed by atoms with Crippen molar-refractivity contribution in [3.63, 3.8) is 0 Å². The molecule has 0 atom stereocenters. The number of methoxy groups -OCH3 is 1. The van der Waals surface area contributed by atoms with E-state index in [0.29, 0.717) is 0 Å². The zero-order valence-corrected chi connectivity index (χ0v) is 8.42. The van der Waals surface area contributed by atoms with Gasteiger partial charge in [-0.25, -0.2) is 4.79 Å². The number of aromatic amines is 1. The van der Waals surface area contributed by atoms with Crippen molar-refractivity contribution in [2.75, 3.05) is 7.11 Å². The minimum absolute atomic E-state index is 0.0410. The van der Waals surface area contributed by atoms with E-state index in [1.165, 1.54) is 7.11 Å². The van der Waals surface area contributed by atoms with Crippen LogP contribution < -0.4 is 5.56 Å². The van der Waals surface area contributed by atoms with Gasteiger partial charge in [-0.2, -0.15) is 0 Å². The molecule has 1 heterocycles. The number of carbonyl (C=O) groups excluding carboxylic acids is 1. The van der Waals surface area contributed by atoms with Crippen LogP contribution in [-0.2, 0) is 11.2 Å². The second-order valence-corrected chi connectivity index (χ2v) is 3.50. The van der Waals surface area contributed by atoms with Crippen LogP contribution in [0.5, 0.6) is 0 Å². The van der Waals surface area contributed by atoms with Gasteiger partial charge in [0.25, 0.3) is 5.56 Å². The molecule has 0 amide bonds. The molecule has 0 radical (unpaired) electrons. The summed E-state index contributed by atoms with van der Waals surface area (Å²) in [6, 6.07) is 1.56. The standard InChI is InChI=1S/C11H11NO3/c1-6-3-4-9-7(6)5-8(10(13)12-9)11(14)15-2/h5H,1,3-4H2,2H3,(H,12,13). The predicted molar refractivity (Wildman–Crippen MR) is 55.8 cm³/mol. The number of ether oxygens (including phenoxy) is 1. The molecule has 4 heteroatoms. The van der Waals surface area contributed by atoms with E-state index < -0.39 is 11.5 Å². The summed E-state index contributed by atoms with van der Waals surface area (Å²) in [4.78, 5) is 25.5. The van der Waals surface area contributed by atoms with Gasteiger partial charge in [0.2, 0.25) is 0 Å². The van der Waals surface area contributed by atoms with Gasteiger partial charge in [-0.15, -0.1) is 0 Å². The molecule has 2 rings (SSSR count). The Hall–Kier alpha value is -1.84. The second kappa shape index (κ2) is 3.38. The zero-order chi connectivity index (χ0) is 11.0. The fourth-order valence-corrected chi connectivity index (χ4v) is 1.75. The highest BCUT2D eigenvalue weighted by Crippen LogP contribution is 2.28. The largest absolute Gasteiger partial charge is 0.465 e. The Morgan fingerprint density at radius 2 is 2.27 bits per heavy atom. The maximum atomic E-state index is 11.5. The second-order valence-electron chi connectivity index (χ2n) is 3.50. The molecule has 1 aliphatic carbocycles. The number of H-pyrrole nitrogens is 1. The van der Waals surface area contributed by atoms with E-state index >= 15 is 0 Å². The summed E-state index contributed by atoms with van der Waals surface area (Å²) in [5.41, 5.74) is 2.33. The summed E-state index contributed by atoms with van der Waals surface area (Å²) in [7, 11) is 1.25. The Bertz CT molecular complexity index is 499. The number of carbonyl (C=O) groups is 1. The normalized spacial score (nSPS) is 13.8. The third-order valence-corrected chi connectivity index (χ3v) is 2.59. The number of hydrogen-bond acceptors (Lipinski definition) is 3. The van der Waals surface area contributed by atoms with Crippen molar-refractivity contribution in [2.45, 2.75) is 12.8 Å². The average molecular weight is 205 g/mol. The first-order valence-electron chi connectivity index (χ1n) is 4.66. The molecule has 1 aromatic heterocycles. The van der Waals surface area contributed by atoms with Crippen LogP contribution in [0.1, 0.15) is 28.0 Å². The van der Waals surface area contributed by atoms with Crippen LogP contribution in [0.15, 0.2) is 17.4 Å². The van der Waals surface area contributed by atoms with Gasteiger partial charge in [-0.1, -0.05) is 6.58 Å². The van der Waals surface area contributed by atoms with Gasteiger partial charge >= 0.3 is 5.97 Å². The summed E-state index contributed by atoms with van der Waals surface area (Å²) in [6.07, 6.45) is 1.61. The van der Waals surface area contributed by atoms with E-state index in [2.05, 4.69) is 16.3 Å². The van der Waals surface area contributed by atoms with E-state index in [1.807, 2.05) is 0 Å². The minimum Gasteiger partial charge on any atom is -0.465 e. The maximum Gasteiger partial charge on any atom is 0.343 e. The highest BCUT2D eigenvalue weighted by Gasteiger charge is 2.20. The lowest BCUT2D eigenvalue weighted by Gasteiger charge is -2.02. The van der Waals surface area contributed by atoms with E-state index in [4.69, 9.17) is 0 Å². The van der Waals surface area contributed by atoms with Crippen LogP contribution in [-0.4, -0.2) is 18.1 Å². The maximum absolute atomic E-state index is 11.5. The van der Waals surface area contributed by atoms with Crippen LogP contribution in [0, 0.1) is 0 Å². The molecule has 0 spiro atoms.